The van der Waals surface area contributed by atoms with Crippen molar-refractivity contribution in [3.63, 3.8) is 0 Å². The van der Waals surface area contributed by atoms with Crippen molar-refractivity contribution >= 4 is 5.97 Å². The van der Waals surface area contributed by atoms with E-state index in [9.17, 15) is 4.79 Å². The normalized spacial score (nSPS) is 12.8. The maximum absolute atomic E-state index is 11.7. The van der Waals surface area contributed by atoms with Gasteiger partial charge in [0.15, 0.2) is 0 Å². The number of carbonyl (C=O) groups is 1. The zero-order valence-electron chi connectivity index (χ0n) is 13.8. The van der Waals surface area contributed by atoms with E-state index in [1.165, 1.54) is 44.9 Å². The number of allylic oxidation sites excluding steroid dienone is 2. The molecule has 0 radical (unpaired) electrons. The Balaban J connectivity index is 3.34. The summed E-state index contributed by atoms with van der Waals surface area (Å²) < 4.78 is 5.32. The van der Waals surface area contributed by atoms with Crippen LogP contribution in [0.25, 0.3) is 0 Å². The quantitative estimate of drug-likeness (QED) is 0.247. The zero-order valence-corrected chi connectivity index (χ0v) is 13.8. The summed E-state index contributed by atoms with van der Waals surface area (Å²) in [5, 5.41) is 0. The summed E-state index contributed by atoms with van der Waals surface area (Å²) in [6.07, 6.45) is 16.2. The van der Waals surface area contributed by atoms with Crippen LogP contribution in [-0.2, 0) is 9.53 Å². The van der Waals surface area contributed by atoms with Crippen LogP contribution in [0.3, 0.4) is 0 Å². The van der Waals surface area contributed by atoms with Gasteiger partial charge in [0.2, 0.25) is 0 Å². The molecule has 0 amide bonds. The summed E-state index contributed by atoms with van der Waals surface area (Å²) in [5.41, 5.74) is 0. The molecular formula is C18H34O2. The highest BCUT2D eigenvalue weighted by Crippen LogP contribution is 2.11. The molecule has 0 aromatic carbocycles. The molecular weight excluding hydrogens is 248 g/mol. The maximum atomic E-state index is 11.7. The molecule has 20 heavy (non-hydrogen) atoms. The van der Waals surface area contributed by atoms with Gasteiger partial charge in [0.25, 0.3) is 0 Å². The van der Waals surface area contributed by atoms with Crippen molar-refractivity contribution in [2.45, 2.75) is 85.0 Å². The van der Waals surface area contributed by atoms with Gasteiger partial charge in [0.1, 0.15) is 0 Å². The minimum atomic E-state index is -0.0301. The smallest absolute Gasteiger partial charge is 0.308 e. The molecule has 0 aliphatic carbocycles. The van der Waals surface area contributed by atoms with Crippen LogP contribution in [0.2, 0.25) is 0 Å². The summed E-state index contributed by atoms with van der Waals surface area (Å²) in [7, 11) is 0. The number of carbonyl (C=O) groups excluding carboxylic acids is 1. The molecule has 118 valence electrons. The van der Waals surface area contributed by atoms with Gasteiger partial charge in [0, 0.05) is 0 Å². The lowest BCUT2D eigenvalue weighted by molar-refractivity contribution is -0.148. The van der Waals surface area contributed by atoms with E-state index in [1.54, 1.807) is 0 Å². The average Bonchev–Trinajstić information content (AvgIpc) is 2.45. The summed E-state index contributed by atoms with van der Waals surface area (Å²) in [6.45, 7) is 6.81. The van der Waals surface area contributed by atoms with E-state index in [4.69, 9.17) is 4.74 Å². The molecule has 0 heterocycles. The molecule has 0 aliphatic heterocycles. The van der Waals surface area contributed by atoms with Crippen LogP contribution in [-0.4, -0.2) is 12.6 Å². The molecule has 0 saturated heterocycles. The second kappa shape index (κ2) is 14.6. The minimum Gasteiger partial charge on any atom is -0.465 e. The Hall–Kier alpha value is -0.790. The Bertz CT molecular complexity index is 246. The highest BCUT2D eigenvalue weighted by molar-refractivity contribution is 5.71. The third-order valence-electron chi connectivity index (χ3n) is 3.65. The number of hydrogen-bond donors (Lipinski definition) is 0. The van der Waals surface area contributed by atoms with Crippen molar-refractivity contribution < 1.29 is 9.53 Å². The first-order chi connectivity index (χ1) is 9.72. The van der Waals surface area contributed by atoms with Crippen molar-refractivity contribution in [1.82, 2.24) is 0 Å². The lowest BCUT2D eigenvalue weighted by atomic mass is 10.1. The van der Waals surface area contributed by atoms with Crippen LogP contribution in [0.4, 0.5) is 0 Å². The monoisotopic (exact) mass is 282 g/mol. The molecule has 0 rings (SSSR count). The third kappa shape index (κ3) is 12.3. The van der Waals surface area contributed by atoms with Gasteiger partial charge in [-0.05, 0) is 26.2 Å². The largest absolute Gasteiger partial charge is 0.465 e. The fourth-order valence-electron chi connectivity index (χ4n) is 2.18. The van der Waals surface area contributed by atoms with E-state index in [1.807, 2.05) is 19.9 Å². The Morgan fingerprint density at radius 2 is 1.65 bits per heavy atom. The van der Waals surface area contributed by atoms with Gasteiger partial charge in [-0.15, -0.1) is 0 Å². The molecule has 0 aliphatic rings. The molecule has 0 aromatic heterocycles. The van der Waals surface area contributed by atoms with Crippen LogP contribution in [0.1, 0.15) is 85.0 Å². The third-order valence-corrected chi connectivity index (χ3v) is 3.65. The lowest BCUT2D eigenvalue weighted by Gasteiger charge is -2.10. The molecule has 1 atom stereocenters. The minimum absolute atomic E-state index is 0.0280. The molecule has 0 aromatic rings. The SMILES string of the molecule is CC=CCCC(C)C(=O)OCCCCCCCCCC. The van der Waals surface area contributed by atoms with Gasteiger partial charge >= 0.3 is 5.97 Å². The van der Waals surface area contributed by atoms with Gasteiger partial charge < -0.3 is 4.74 Å². The predicted octanol–water partition coefficient (Wildman–Crippen LogP) is 5.66. The van der Waals surface area contributed by atoms with Crippen LogP contribution in [0.5, 0.6) is 0 Å². The van der Waals surface area contributed by atoms with Crippen molar-refractivity contribution in [2.75, 3.05) is 6.61 Å². The second-order valence-electron chi connectivity index (χ2n) is 5.69. The Labute approximate surface area is 126 Å². The maximum Gasteiger partial charge on any atom is 0.308 e. The first-order valence-corrected chi connectivity index (χ1v) is 8.50. The zero-order chi connectivity index (χ0) is 15.1. The summed E-state index contributed by atoms with van der Waals surface area (Å²) in [5.74, 6) is -0.00214. The van der Waals surface area contributed by atoms with Gasteiger partial charge in [-0.2, -0.15) is 0 Å². The summed E-state index contributed by atoms with van der Waals surface area (Å²) in [4.78, 5) is 11.7. The molecule has 0 fully saturated rings. The number of hydrogen-bond acceptors (Lipinski definition) is 2. The van der Waals surface area contributed by atoms with E-state index in [0.717, 1.165) is 19.3 Å². The molecule has 0 bridgehead atoms. The van der Waals surface area contributed by atoms with Crippen molar-refractivity contribution in [3.8, 4) is 0 Å². The average molecular weight is 282 g/mol. The molecule has 2 nitrogen and oxygen atoms in total. The van der Waals surface area contributed by atoms with Gasteiger partial charge in [0.05, 0.1) is 12.5 Å². The highest BCUT2D eigenvalue weighted by Gasteiger charge is 2.12. The molecule has 0 spiro atoms. The summed E-state index contributed by atoms with van der Waals surface area (Å²) >= 11 is 0. The number of ether oxygens (including phenoxy) is 1. The van der Waals surface area contributed by atoms with Crippen molar-refractivity contribution in [1.29, 1.82) is 0 Å². The first kappa shape index (κ1) is 19.2. The summed E-state index contributed by atoms with van der Waals surface area (Å²) in [6, 6.07) is 0. The predicted molar refractivity (Wildman–Crippen MR) is 86.8 cm³/mol. The van der Waals surface area contributed by atoms with Gasteiger partial charge in [-0.25, -0.2) is 0 Å². The van der Waals surface area contributed by atoms with E-state index in [-0.39, 0.29) is 11.9 Å². The first-order valence-electron chi connectivity index (χ1n) is 8.50. The standard InChI is InChI=1S/C18H34O2/c1-4-6-8-9-10-11-12-14-16-20-18(19)17(3)15-13-7-5-2/h5,7,17H,4,6,8-16H2,1-3H3. The molecule has 0 N–H and O–H groups in total. The topological polar surface area (TPSA) is 26.3 Å². The van der Waals surface area contributed by atoms with Crippen LogP contribution in [0.15, 0.2) is 12.2 Å². The van der Waals surface area contributed by atoms with Gasteiger partial charge in [-0.1, -0.05) is 70.9 Å². The van der Waals surface area contributed by atoms with E-state index in [2.05, 4.69) is 13.0 Å². The Morgan fingerprint density at radius 3 is 2.25 bits per heavy atom. The van der Waals surface area contributed by atoms with Crippen molar-refractivity contribution in [3.05, 3.63) is 12.2 Å². The van der Waals surface area contributed by atoms with Crippen LogP contribution >= 0.6 is 0 Å². The number of unbranched alkanes of at least 4 members (excludes halogenated alkanes) is 7. The molecule has 1 unspecified atom stereocenters. The number of esters is 1. The van der Waals surface area contributed by atoms with Gasteiger partial charge in [-0.3, -0.25) is 4.79 Å². The lowest BCUT2D eigenvalue weighted by Crippen LogP contribution is -2.15. The highest BCUT2D eigenvalue weighted by atomic mass is 16.5. The van der Waals surface area contributed by atoms with E-state index < -0.39 is 0 Å². The molecule has 0 saturated carbocycles. The Morgan fingerprint density at radius 1 is 1.05 bits per heavy atom. The fourth-order valence-corrected chi connectivity index (χ4v) is 2.18. The number of rotatable bonds is 13. The van der Waals surface area contributed by atoms with Crippen molar-refractivity contribution in [2.24, 2.45) is 5.92 Å². The fraction of sp³-hybridized carbons (Fsp3) is 0.833. The van der Waals surface area contributed by atoms with E-state index in [0.29, 0.717) is 6.61 Å². The second-order valence-corrected chi connectivity index (χ2v) is 5.69. The van der Waals surface area contributed by atoms with E-state index >= 15 is 0 Å². The Kier molecular flexibility index (Phi) is 14.0. The van der Waals surface area contributed by atoms with Crippen LogP contribution < -0.4 is 0 Å². The molecule has 2 heteroatoms. The van der Waals surface area contributed by atoms with Crippen LogP contribution in [0, 0.1) is 5.92 Å².